The van der Waals surface area contributed by atoms with Crippen molar-refractivity contribution in [2.45, 2.75) is 25.8 Å². The van der Waals surface area contributed by atoms with Crippen LogP contribution in [0.5, 0.6) is 0 Å². The third kappa shape index (κ3) is 2.97. The first-order valence-electron chi connectivity index (χ1n) is 7.93. The minimum atomic E-state index is 0.0236. The molecule has 3 N–H and O–H groups in total. The fraction of sp³-hybridized carbons (Fsp3) is 0.562. The summed E-state index contributed by atoms with van der Waals surface area (Å²) in [6, 6.07) is 6.51. The van der Waals surface area contributed by atoms with Gasteiger partial charge in [-0.25, -0.2) is 0 Å². The molecule has 5 heteroatoms. The number of carbonyl (C=O) groups excluding carboxylic acids is 1. The third-order valence-electron chi connectivity index (χ3n) is 4.26. The van der Waals surface area contributed by atoms with Crippen molar-refractivity contribution in [2.24, 2.45) is 0 Å². The van der Waals surface area contributed by atoms with Crippen LogP contribution < -0.4 is 20.9 Å². The summed E-state index contributed by atoms with van der Waals surface area (Å²) in [6.45, 7) is 6.88. The Morgan fingerprint density at radius 1 is 1.43 bits per heavy atom. The molecule has 0 radical (unpaired) electrons. The van der Waals surface area contributed by atoms with E-state index in [9.17, 15) is 4.79 Å². The number of benzene rings is 1. The zero-order valence-corrected chi connectivity index (χ0v) is 12.6. The standard InChI is InChI=1S/C16H24N4O/c1-2-3-6-18-16(21)12-4-5-15-14(9-12)19-11-13-10-17-7-8-20(13)15/h4-5,9,13,17,19H,2-3,6-8,10-11H2,1H3,(H,18,21). The molecule has 1 amide bonds. The minimum Gasteiger partial charge on any atom is -0.381 e. The molecule has 2 aliphatic heterocycles. The van der Waals surface area contributed by atoms with Gasteiger partial charge in [-0.15, -0.1) is 0 Å². The van der Waals surface area contributed by atoms with Gasteiger partial charge < -0.3 is 20.9 Å². The molecule has 1 fully saturated rings. The summed E-state index contributed by atoms with van der Waals surface area (Å²) in [7, 11) is 0. The molecule has 1 atom stereocenters. The summed E-state index contributed by atoms with van der Waals surface area (Å²) in [5.74, 6) is 0.0236. The zero-order valence-electron chi connectivity index (χ0n) is 12.6. The van der Waals surface area contributed by atoms with Crippen molar-refractivity contribution in [3.63, 3.8) is 0 Å². The molecular weight excluding hydrogens is 264 g/mol. The van der Waals surface area contributed by atoms with E-state index in [4.69, 9.17) is 0 Å². The van der Waals surface area contributed by atoms with Crippen molar-refractivity contribution in [1.29, 1.82) is 0 Å². The van der Waals surface area contributed by atoms with Crippen molar-refractivity contribution in [3.05, 3.63) is 23.8 Å². The topological polar surface area (TPSA) is 56.4 Å². The summed E-state index contributed by atoms with van der Waals surface area (Å²) >= 11 is 0. The number of piperazine rings is 1. The summed E-state index contributed by atoms with van der Waals surface area (Å²) in [4.78, 5) is 14.6. The maximum absolute atomic E-state index is 12.1. The SMILES string of the molecule is CCCCNC(=O)c1ccc2c(c1)NCC1CNCCN21. The second-order valence-electron chi connectivity index (χ2n) is 5.77. The molecule has 2 heterocycles. The number of hydrogen-bond donors (Lipinski definition) is 3. The number of anilines is 2. The van der Waals surface area contributed by atoms with Crippen LogP contribution in [0.15, 0.2) is 18.2 Å². The molecule has 3 rings (SSSR count). The van der Waals surface area contributed by atoms with E-state index in [1.165, 1.54) is 5.69 Å². The van der Waals surface area contributed by atoms with E-state index in [1.54, 1.807) is 0 Å². The number of amides is 1. The fourth-order valence-corrected chi connectivity index (χ4v) is 3.04. The molecule has 1 saturated heterocycles. The highest BCUT2D eigenvalue weighted by Crippen LogP contribution is 2.32. The molecule has 1 aromatic carbocycles. The summed E-state index contributed by atoms with van der Waals surface area (Å²) in [5.41, 5.74) is 3.04. The first-order valence-corrected chi connectivity index (χ1v) is 7.93. The van der Waals surface area contributed by atoms with Crippen LogP contribution in [0.2, 0.25) is 0 Å². The monoisotopic (exact) mass is 288 g/mol. The molecule has 114 valence electrons. The quantitative estimate of drug-likeness (QED) is 0.734. The van der Waals surface area contributed by atoms with Gasteiger partial charge in [-0.05, 0) is 24.6 Å². The van der Waals surface area contributed by atoms with E-state index in [0.717, 1.165) is 56.8 Å². The number of carbonyl (C=O) groups is 1. The van der Waals surface area contributed by atoms with Crippen molar-refractivity contribution >= 4 is 17.3 Å². The Morgan fingerprint density at radius 3 is 3.19 bits per heavy atom. The lowest BCUT2D eigenvalue weighted by Crippen LogP contribution is -2.56. The fourth-order valence-electron chi connectivity index (χ4n) is 3.04. The van der Waals surface area contributed by atoms with E-state index in [-0.39, 0.29) is 5.91 Å². The highest BCUT2D eigenvalue weighted by atomic mass is 16.1. The van der Waals surface area contributed by atoms with Crippen molar-refractivity contribution in [2.75, 3.05) is 42.9 Å². The van der Waals surface area contributed by atoms with Gasteiger partial charge in [-0.2, -0.15) is 0 Å². The van der Waals surface area contributed by atoms with Gasteiger partial charge in [0.05, 0.1) is 17.4 Å². The predicted molar refractivity (Wildman–Crippen MR) is 86.2 cm³/mol. The van der Waals surface area contributed by atoms with Crippen LogP contribution in [0.25, 0.3) is 0 Å². The Balaban J connectivity index is 1.74. The van der Waals surface area contributed by atoms with Gasteiger partial charge in [0.15, 0.2) is 0 Å². The molecule has 0 aliphatic carbocycles. The Labute approximate surface area is 126 Å². The summed E-state index contributed by atoms with van der Waals surface area (Å²) in [5, 5.41) is 9.86. The molecule has 5 nitrogen and oxygen atoms in total. The van der Waals surface area contributed by atoms with E-state index in [2.05, 4.69) is 33.8 Å². The Kier molecular flexibility index (Phi) is 4.29. The van der Waals surface area contributed by atoms with Gasteiger partial charge in [0.25, 0.3) is 5.91 Å². The highest BCUT2D eigenvalue weighted by Gasteiger charge is 2.28. The molecule has 0 aromatic heterocycles. The molecule has 0 bridgehead atoms. The number of nitrogens with one attached hydrogen (secondary N) is 3. The molecular formula is C16H24N4O. The predicted octanol–water partition coefficient (Wildman–Crippen LogP) is 1.42. The van der Waals surface area contributed by atoms with Gasteiger partial charge in [0.1, 0.15) is 0 Å². The average Bonchev–Trinajstić information content (AvgIpc) is 2.54. The van der Waals surface area contributed by atoms with Crippen LogP contribution in [0.1, 0.15) is 30.1 Å². The molecule has 2 aliphatic rings. The maximum atomic E-state index is 12.1. The second kappa shape index (κ2) is 6.35. The number of rotatable bonds is 4. The molecule has 21 heavy (non-hydrogen) atoms. The smallest absolute Gasteiger partial charge is 0.251 e. The van der Waals surface area contributed by atoms with Gasteiger partial charge in [-0.3, -0.25) is 4.79 Å². The van der Waals surface area contributed by atoms with Crippen LogP contribution in [0, 0.1) is 0 Å². The average molecular weight is 288 g/mol. The Morgan fingerprint density at radius 2 is 2.33 bits per heavy atom. The first kappa shape index (κ1) is 14.2. The van der Waals surface area contributed by atoms with Crippen LogP contribution >= 0.6 is 0 Å². The first-order chi connectivity index (χ1) is 10.3. The van der Waals surface area contributed by atoms with Crippen molar-refractivity contribution in [3.8, 4) is 0 Å². The van der Waals surface area contributed by atoms with E-state index < -0.39 is 0 Å². The lowest BCUT2D eigenvalue weighted by Gasteiger charge is -2.42. The Bertz CT molecular complexity index is 517. The van der Waals surface area contributed by atoms with Crippen LogP contribution in [0.4, 0.5) is 11.4 Å². The zero-order chi connectivity index (χ0) is 14.7. The highest BCUT2D eigenvalue weighted by molar-refractivity contribution is 5.96. The summed E-state index contributed by atoms with van der Waals surface area (Å²) < 4.78 is 0. The van der Waals surface area contributed by atoms with Crippen LogP contribution in [0.3, 0.4) is 0 Å². The summed E-state index contributed by atoms with van der Waals surface area (Å²) in [6.07, 6.45) is 2.12. The van der Waals surface area contributed by atoms with E-state index in [0.29, 0.717) is 6.04 Å². The lowest BCUT2D eigenvalue weighted by molar-refractivity contribution is 0.0953. The number of hydrogen-bond acceptors (Lipinski definition) is 4. The van der Waals surface area contributed by atoms with Gasteiger partial charge in [-0.1, -0.05) is 13.3 Å². The third-order valence-corrected chi connectivity index (χ3v) is 4.26. The number of fused-ring (bicyclic) bond motifs is 3. The molecule has 0 saturated carbocycles. The largest absolute Gasteiger partial charge is 0.381 e. The molecule has 0 spiro atoms. The number of unbranched alkanes of at least 4 members (excludes halogenated alkanes) is 1. The van der Waals surface area contributed by atoms with Gasteiger partial charge in [0, 0.05) is 38.3 Å². The van der Waals surface area contributed by atoms with Crippen molar-refractivity contribution in [1.82, 2.24) is 10.6 Å². The second-order valence-corrected chi connectivity index (χ2v) is 5.77. The van der Waals surface area contributed by atoms with Crippen LogP contribution in [-0.4, -0.2) is 44.7 Å². The maximum Gasteiger partial charge on any atom is 0.251 e. The molecule has 1 unspecified atom stereocenters. The van der Waals surface area contributed by atoms with Crippen molar-refractivity contribution < 1.29 is 4.79 Å². The molecule has 1 aromatic rings. The van der Waals surface area contributed by atoms with Gasteiger partial charge in [0.2, 0.25) is 0 Å². The normalized spacial score (nSPS) is 20.2. The Hall–Kier alpha value is -1.75. The lowest BCUT2D eigenvalue weighted by atomic mass is 10.0. The van der Waals surface area contributed by atoms with Gasteiger partial charge >= 0.3 is 0 Å². The van der Waals surface area contributed by atoms with E-state index >= 15 is 0 Å². The number of nitrogens with zero attached hydrogens (tertiary/aromatic N) is 1. The van der Waals surface area contributed by atoms with Crippen LogP contribution in [-0.2, 0) is 0 Å². The van der Waals surface area contributed by atoms with E-state index in [1.807, 2.05) is 12.1 Å². The minimum absolute atomic E-state index is 0.0236.